The number of amides is 1. The number of carbonyl (C=O) groups is 1. The van der Waals surface area contributed by atoms with Crippen molar-refractivity contribution in [2.45, 2.75) is 4.34 Å². The summed E-state index contributed by atoms with van der Waals surface area (Å²) in [7, 11) is 3.05. The number of aromatic nitrogens is 1. The number of thioether (sulfide) groups is 1. The Kier molecular flexibility index (Phi) is 4.92. The van der Waals surface area contributed by atoms with Crippen molar-refractivity contribution in [3.63, 3.8) is 0 Å². The second-order valence-electron chi connectivity index (χ2n) is 4.86. The van der Waals surface area contributed by atoms with Gasteiger partial charge in [0, 0.05) is 5.69 Å². The lowest BCUT2D eigenvalue weighted by Gasteiger charge is -2.13. The first-order chi connectivity index (χ1) is 11.7. The molecule has 1 aromatic heterocycles. The Morgan fingerprint density at radius 2 is 1.88 bits per heavy atom. The van der Waals surface area contributed by atoms with Gasteiger partial charge in [-0.25, -0.2) is 4.98 Å². The quantitative estimate of drug-likeness (QED) is 0.688. The Hall–Kier alpha value is -2.25. The fraction of sp³-hybridized carbons (Fsp3) is 0.176. The molecule has 0 spiro atoms. The first kappa shape index (κ1) is 16.6. The molecule has 0 fully saturated rings. The van der Waals surface area contributed by atoms with Crippen LogP contribution in [0.5, 0.6) is 11.5 Å². The van der Waals surface area contributed by atoms with Crippen LogP contribution in [0.1, 0.15) is 10.4 Å². The molecule has 124 valence electrons. The van der Waals surface area contributed by atoms with E-state index in [1.807, 2.05) is 24.5 Å². The first-order valence-corrected chi connectivity index (χ1v) is 9.17. The van der Waals surface area contributed by atoms with E-state index < -0.39 is 0 Å². The topological polar surface area (TPSA) is 60.5 Å². The second-order valence-corrected chi connectivity index (χ2v) is 6.94. The van der Waals surface area contributed by atoms with E-state index in [0.717, 1.165) is 14.6 Å². The molecule has 1 N–H and O–H groups in total. The third kappa shape index (κ3) is 3.18. The van der Waals surface area contributed by atoms with Crippen LogP contribution in [0.2, 0.25) is 0 Å². The Morgan fingerprint density at radius 1 is 1.17 bits per heavy atom. The number of nitrogens with one attached hydrogen (secondary N) is 1. The van der Waals surface area contributed by atoms with Crippen molar-refractivity contribution in [2.75, 3.05) is 25.8 Å². The van der Waals surface area contributed by atoms with Crippen molar-refractivity contribution in [2.24, 2.45) is 0 Å². The first-order valence-electron chi connectivity index (χ1n) is 7.13. The third-order valence-corrected chi connectivity index (χ3v) is 5.46. The number of nitrogens with zero attached hydrogens (tertiary/aromatic N) is 1. The molecule has 3 aromatic rings. The van der Waals surface area contributed by atoms with Crippen LogP contribution < -0.4 is 14.8 Å². The lowest BCUT2D eigenvalue weighted by molar-refractivity contribution is 0.102. The molecule has 2 aromatic carbocycles. The highest BCUT2D eigenvalue weighted by Crippen LogP contribution is 2.32. The molecule has 3 rings (SSSR count). The molecule has 24 heavy (non-hydrogen) atoms. The maximum atomic E-state index is 12.7. The Bertz CT molecular complexity index is 870. The summed E-state index contributed by atoms with van der Waals surface area (Å²) in [5, 5.41) is 2.90. The number of benzene rings is 2. The van der Waals surface area contributed by atoms with E-state index in [1.54, 1.807) is 41.3 Å². The van der Waals surface area contributed by atoms with Crippen molar-refractivity contribution in [1.82, 2.24) is 4.98 Å². The summed E-state index contributed by atoms with van der Waals surface area (Å²) >= 11 is 3.21. The summed E-state index contributed by atoms with van der Waals surface area (Å²) in [6.45, 7) is 0. The third-order valence-electron chi connectivity index (χ3n) is 3.46. The van der Waals surface area contributed by atoms with E-state index in [9.17, 15) is 4.79 Å². The van der Waals surface area contributed by atoms with E-state index >= 15 is 0 Å². The van der Waals surface area contributed by atoms with Crippen LogP contribution in [-0.2, 0) is 0 Å². The average molecular weight is 360 g/mol. The van der Waals surface area contributed by atoms with Crippen LogP contribution in [-0.4, -0.2) is 31.4 Å². The summed E-state index contributed by atoms with van der Waals surface area (Å²) in [6.07, 6.45) is 1.99. The smallest absolute Gasteiger partial charge is 0.263 e. The number of rotatable bonds is 5. The summed E-state index contributed by atoms with van der Waals surface area (Å²) in [5.41, 5.74) is 2.01. The van der Waals surface area contributed by atoms with Gasteiger partial charge in [-0.2, -0.15) is 0 Å². The molecule has 0 radical (unpaired) electrons. The Balaban J connectivity index is 1.92. The van der Waals surface area contributed by atoms with Gasteiger partial charge >= 0.3 is 0 Å². The van der Waals surface area contributed by atoms with Gasteiger partial charge in [0.1, 0.15) is 17.1 Å². The van der Waals surface area contributed by atoms with Crippen LogP contribution in [0.15, 0.2) is 40.7 Å². The van der Waals surface area contributed by atoms with Crippen LogP contribution in [0.3, 0.4) is 0 Å². The maximum absolute atomic E-state index is 12.7. The lowest BCUT2D eigenvalue weighted by atomic mass is 10.1. The Labute approximate surface area is 148 Å². The van der Waals surface area contributed by atoms with Crippen molar-refractivity contribution >= 4 is 44.9 Å². The molecule has 0 aliphatic carbocycles. The molecule has 5 nitrogen and oxygen atoms in total. The lowest BCUT2D eigenvalue weighted by Crippen LogP contribution is -2.14. The highest BCUT2D eigenvalue weighted by Gasteiger charge is 2.18. The molecule has 0 aliphatic rings. The predicted octanol–water partition coefficient (Wildman–Crippen LogP) is 4.29. The van der Waals surface area contributed by atoms with Gasteiger partial charge in [-0.3, -0.25) is 4.79 Å². The summed E-state index contributed by atoms with van der Waals surface area (Å²) in [4.78, 5) is 17.2. The van der Waals surface area contributed by atoms with Crippen molar-refractivity contribution in [3.05, 3.63) is 42.0 Å². The highest BCUT2D eigenvalue weighted by molar-refractivity contribution is 8.00. The zero-order chi connectivity index (χ0) is 17.1. The largest absolute Gasteiger partial charge is 0.496 e. The molecule has 0 saturated heterocycles. The van der Waals surface area contributed by atoms with Gasteiger partial charge in [-0.1, -0.05) is 17.8 Å². The molecule has 0 unspecified atom stereocenters. The number of ether oxygens (including phenoxy) is 2. The molecular weight excluding hydrogens is 344 g/mol. The highest BCUT2D eigenvalue weighted by atomic mass is 32.2. The summed E-state index contributed by atoms with van der Waals surface area (Å²) in [6, 6.07) is 10.9. The second kappa shape index (κ2) is 7.11. The minimum Gasteiger partial charge on any atom is -0.496 e. The van der Waals surface area contributed by atoms with Crippen molar-refractivity contribution < 1.29 is 14.3 Å². The van der Waals surface area contributed by atoms with Crippen LogP contribution >= 0.6 is 23.1 Å². The number of methoxy groups -OCH3 is 2. The fourth-order valence-electron chi connectivity index (χ4n) is 2.34. The summed E-state index contributed by atoms with van der Waals surface area (Å²) in [5.74, 6) is 0.657. The maximum Gasteiger partial charge on any atom is 0.263 e. The summed E-state index contributed by atoms with van der Waals surface area (Å²) < 4.78 is 12.6. The zero-order valence-electron chi connectivity index (χ0n) is 13.5. The van der Waals surface area contributed by atoms with Crippen LogP contribution in [0.25, 0.3) is 10.2 Å². The SMILES string of the molecule is COc1cccc(OC)c1C(=O)Nc1ccc2nc(SC)sc2c1. The average Bonchev–Trinajstić information content (AvgIpc) is 3.03. The molecule has 0 bridgehead atoms. The van der Waals surface area contributed by atoms with Crippen LogP contribution in [0, 0.1) is 0 Å². The Morgan fingerprint density at radius 3 is 2.50 bits per heavy atom. The van der Waals surface area contributed by atoms with Gasteiger partial charge in [0.25, 0.3) is 5.91 Å². The monoisotopic (exact) mass is 360 g/mol. The van der Waals surface area contributed by atoms with Crippen molar-refractivity contribution in [1.29, 1.82) is 0 Å². The zero-order valence-corrected chi connectivity index (χ0v) is 15.1. The van der Waals surface area contributed by atoms with Gasteiger partial charge in [-0.05, 0) is 36.6 Å². The minimum absolute atomic E-state index is 0.279. The van der Waals surface area contributed by atoms with Gasteiger partial charge in [0.05, 0.1) is 24.4 Å². The van der Waals surface area contributed by atoms with Gasteiger partial charge < -0.3 is 14.8 Å². The molecule has 0 atom stereocenters. The number of anilines is 1. The fourth-order valence-corrected chi connectivity index (χ4v) is 3.87. The molecule has 0 aliphatic heterocycles. The minimum atomic E-state index is -0.279. The number of hydrogen-bond acceptors (Lipinski definition) is 6. The van der Waals surface area contributed by atoms with Crippen LogP contribution in [0.4, 0.5) is 5.69 Å². The predicted molar refractivity (Wildman–Crippen MR) is 98.9 cm³/mol. The van der Waals surface area contributed by atoms with E-state index in [4.69, 9.17) is 9.47 Å². The van der Waals surface area contributed by atoms with Crippen molar-refractivity contribution in [3.8, 4) is 11.5 Å². The van der Waals surface area contributed by atoms with E-state index in [2.05, 4.69) is 10.3 Å². The number of hydrogen-bond donors (Lipinski definition) is 1. The molecule has 1 heterocycles. The van der Waals surface area contributed by atoms with E-state index in [-0.39, 0.29) is 5.91 Å². The molecule has 7 heteroatoms. The molecule has 1 amide bonds. The normalized spacial score (nSPS) is 10.6. The molecular formula is C17H16N2O3S2. The van der Waals surface area contributed by atoms with E-state index in [0.29, 0.717) is 22.7 Å². The van der Waals surface area contributed by atoms with E-state index in [1.165, 1.54) is 14.2 Å². The van der Waals surface area contributed by atoms with Gasteiger partial charge in [-0.15, -0.1) is 11.3 Å². The number of thiazole rings is 1. The van der Waals surface area contributed by atoms with Gasteiger partial charge in [0.2, 0.25) is 0 Å². The number of fused-ring (bicyclic) bond motifs is 1. The van der Waals surface area contributed by atoms with Gasteiger partial charge in [0.15, 0.2) is 4.34 Å². The standard InChI is InChI=1S/C17H16N2O3S2/c1-21-12-5-4-6-13(22-2)15(12)16(20)18-10-7-8-11-14(9-10)24-17(19-11)23-3/h4-9H,1-3H3,(H,18,20). The number of carbonyl (C=O) groups excluding carboxylic acids is 1. The molecule has 0 saturated carbocycles.